The molecule has 6 nitrogen and oxygen atoms in total. The fraction of sp³-hybridized carbons (Fsp3) is 0.864. The van der Waals surface area contributed by atoms with Crippen LogP contribution in [0, 0.1) is 0 Å². The summed E-state index contributed by atoms with van der Waals surface area (Å²) in [7, 11) is -2.67. The van der Waals surface area contributed by atoms with Gasteiger partial charge in [-0.05, 0) is 32.6 Å². The normalized spacial score (nSPS) is 11.6. The van der Waals surface area contributed by atoms with E-state index < -0.39 is 8.80 Å². The number of carbonyl (C=O) groups is 1. The van der Waals surface area contributed by atoms with Crippen molar-refractivity contribution in [3.05, 3.63) is 12.2 Å². The second kappa shape index (κ2) is 19.2. The van der Waals surface area contributed by atoms with Crippen LogP contribution in [0.15, 0.2) is 12.2 Å². The molecule has 0 unspecified atom stereocenters. The van der Waals surface area contributed by atoms with Crippen LogP contribution in [0.3, 0.4) is 0 Å². The van der Waals surface area contributed by atoms with E-state index in [1.807, 2.05) is 0 Å². The summed E-state index contributed by atoms with van der Waals surface area (Å²) in [6, 6.07) is 0.773. The molecule has 0 rings (SSSR count). The van der Waals surface area contributed by atoms with E-state index in [4.69, 9.17) is 22.8 Å². The van der Waals surface area contributed by atoms with Gasteiger partial charge >= 0.3 is 14.8 Å². The van der Waals surface area contributed by atoms with Gasteiger partial charge in [0, 0.05) is 51.1 Å². The molecule has 0 atom stereocenters. The minimum Gasteiger partial charge on any atom is -0.462 e. The van der Waals surface area contributed by atoms with Crippen LogP contribution in [0.5, 0.6) is 0 Å². The minimum atomic E-state index is -2.67. The second-order valence-corrected chi connectivity index (χ2v) is 10.0. The van der Waals surface area contributed by atoms with Crippen LogP contribution >= 0.6 is 0 Å². The third-order valence-corrected chi connectivity index (χ3v) is 7.14. The summed E-state index contributed by atoms with van der Waals surface area (Å²) in [4.78, 5) is 11.3. The number of esters is 1. The molecule has 0 N–H and O–H groups in total. The van der Waals surface area contributed by atoms with Gasteiger partial charge in [0.1, 0.15) is 0 Å². The molecule has 0 aromatic heterocycles. The highest BCUT2D eigenvalue weighted by molar-refractivity contribution is 6.60. The van der Waals surface area contributed by atoms with Gasteiger partial charge in [-0.2, -0.15) is 0 Å². The summed E-state index contributed by atoms with van der Waals surface area (Å²) in [5.41, 5.74) is 0.418. The number of ether oxygens (including phenoxy) is 2. The van der Waals surface area contributed by atoms with E-state index in [0.717, 1.165) is 51.0 Å². The molecular formula is C22H44O6Si. The molecule has 7 heteroatoms. The zero-order valence-electron chi connectivity index (χ0n) is 19.3. The first kappa shape index (κ1) is 28.3. The van der Waals surface area contributed by atoms with Gasteiger partial charge in [0.2, 0.25) is 0 Å². The van der Waals surface area contributed by atoms with Crippen LogP contribution in [0.2, 0.25) is 6.04 Å². The zero-order valence-corrected chi connectivity index (χ0v) is 20.3. The fourth-order valence-electron chi connectivity index (χ4n) is 2.40. The van der Waals surface area contributed by atoms with Crippen molar-refractivity contribution in [3.8, 4) is 0 Å². The lowest BCUT2D eigenvalue weighted by molar-refractivity contribution is -0.139. The van der Waals surface area contributed by atoms with Gasteiger partial charge in [-0.15, -0.1) is 0 Å². The average Bonchev–Trinajstić information content (AvgIpc) is 2.70. The first-order valence-corrected chi connectivity index (χ1v) is 13.3. The van der Waals surface area contributed by atoms with Crippen molar-refractivity contribution in [3.63, 3.8) is 0 Å². The van der Waals surface area contributed by atoms with Gasteiger partial charge in [-0.25, -0.2) is 4.79 Å². The van der Waals surface area contributed by atoms with Crippen molar-refractivity contribution in [1.29, 1.82) is 0 Å². The number of carbonyl (C=O) groups excluding carboxylic acids is 1. The molecule has 172 valence electrons. The number of unbranched alkanes of at least 4 members (excludes halogenated alkanes) is 3. The van der Waals surface area contributed by atoms with E-state index in [1.165, 1.54) is 0 Å². The second-order valence-electron chi connectivity index (χ2n) is 7.27. The molecule has 0 aromatic carbocycles. The molecule has 0 aliphatic carbocycles. The SMILES string of the molecule is C=C(C)C(=O)OCCCOCCC[Si](OCCCC)(OCCCC)OCCCC. The van der Waals surface area contributed by atoms with Crippen molar-refractivity contribution in [2.45, 2.75) is 85.1 Å². The van der Waals surface area contributed by atoms with Gasteiger partial charge in [-0.3, -0.25) is 0 Å². The Morgan fingerprint density at radius 3 is 1.66 bits per heavy atom. The predicted octanol–water partition coefficient (Wildman–Crippen LogP) is 5.29. The van der Waals surface area contributed by atoms with E-state index in [2.05, 4.69) is 27.4 Å². The van der Waals surface area contributed by atoms with Crippen molar-refractivity contribution in [1.82, 2.24) is 0 Å². The quantitative estimate of drug-likeness (QED) is 0.106. The Morgan fingerprint density at radius 1 is 0.724 bits per heavy atom. The maximum atomic E-state index is 11.3. The Hall–Kier alpha value is -0.733. The number of rotatable bonds is 21. The zero-order chi connectivity index (χ0) is 21.8. The Morgan fingerprint density at radius 2 is 1.21 bits per heavy atom. The lowest BCUT2D eigenvalue weighted by Gasteiger charge is -2.30. The third-order valence-electron chi connectivity index (χ3n) is 4.25. The van der Waals surface area contributed by atoms with E-state index in [0.29, 0.717) is 51.6 Å². The highest BCUT2D eigenvalue weighted by Gasteiger charge is 2.40. The van der Waals surface area contributed by atoms with Gasteiger partial charge in [0.05, 0.1) is 6.61 Å². The van der Waals surface area contributed by atoms with E-state index >= 15 is 0 Å². The lowest BCUT2D eigenvalue weighted by atomic mass is 10.4. The van der Waals surface area contributed by atoms with Gasteiger partial charge < -0.3 is 22.8 Å². The molecule has 0 radical (unpaired) electrons. The lowest BCUT2D eigenvalue weighted by Crippen LogP contribution is -2.46. The van der Waals surface area contributed by atoms with Crippen molar-refractivity contribution < 1.29 is 27.5 Å². The summed E-state index contributed by atoms with van der Waals surface area (Å²) in [6.07, 6.45) is 7.83. The summed E-state index contributed by atoms with van der Waals surface area (Å²) < 4.78 is 29.4. The first-order chi connectivity index (χ1) is 14.0. The molecule has 29 heavy (non-hydrogen) atoms. The predicted molar refractivity (Wildman–Crippen MR) is 119 cm³/mol. The van der Waals surface area contributed by atoms with Gasteiger partial charge in [0.15, 0.2) is 0 Å². The Kier molecular flexibility index (Phi) is 18.8. The molecule has 0 amide bonds. The Balaban J connectivity index is 4.35. The largest absolute Gasteiger partial charge is 0.501 e. The molecule has 0 saturated heterocycles. The molecular weight excluding hydrogens is 388 g/mol. The molecule has 0 aromatic rings. The standard InChI is InChI=1S/C22H44O6Si/c1-6-9-17-26-29(27-18-10-7-2,28-19-11-8-3)20-13-15-24-14-12-16-25-22(23)21(4)5/h4,6-20H2,1-3,5H3. The highest BCUT2D eigenvalue weighted by atomic mass is 28.4. The smallest absolute Gasteiger partial charge is 0.462 e. The summed E-state index contributed by atoms with van der Waals surface area (Å²) in [5.74, 6) is -0.349. The maximum absolute atomic E-state index is 11.3. The summed E-state index contributed by atoms with van der Waals surface area (Å²) >= 11 is 0. The third kappa shape index (κ3) is 15.7. The van der Waals surface area contributed by atoms with Crippen LogP contribution in [0.4, 0.5) is 0 Å². The maximum Gasteiger partial charge on any atom is 0.501 e. The monoisotopic (exact) mass is 432 g/mol. The summed E-state index contributed by atoms with van der Waals surface area (Å²) in [6.45, 7) is 15.3. The first-order valence-electron chi connectivity index (χ1n) is 11.3. The van der Waals surface area contributed by atoms with Crippen molar-refractivity contribution >= 4 is 14.8 Å². The minimum absolute atomic E-state index is 0.349. The molecule has 0 heterocycles. The molecule has 0 fully saturated rings. The molecule has 0 aliphatic rings. The van der Waals surface area contributed by atoms with Crippen LogP contribution in [-0.4, -0.2) is 54.4 Å². The fourth-order valence-corrected chi connectivity index (χ4v) is 5.03. The van der Waals surface area contributed by atoms with E-state index in [1.54, 1.807) is 6.92 Å². The Bertz CT molecular complexity index is 390. The van der Waals surface area contributed by atoms with Crippen LogP contribution < -0.4 is 0 Å². The molecule has 0 saturated carbocycles. The molecule has 0 bridgehead atoms. The van der Waals surface area contributed by atoms with Gasteiger partial charge in [0.25, 0.3) is 0 Å². The van der Waals surface area contributed by atoms with E-state index in [-0.39, 0.29) is 5.97 Å². The van der Waals surface area contributed by atoms with Crippen LogP contribution in [0.1, 0.15) is 79.1 Å². The average molecular weight is 433 g/mol. The van der Waals surface area contributed by atoms with Crippen LogP contribution in [0.25, 0.3) is 0 Å². The number of hydrogen-bond donors (Lipinski definition) is 0. The van der Waals surface area contributed by atoms with Gasteiger partial charge in [-0.1, -0.05) is 46.6 Å². The van der Waals surface area contributed by atoms with E-state index in [9.17, 15) is 4.79 Å². The molecule has 0 aliphatic heterocycles. The molecule has 0 spiro atoms. The van der Waals surface area contributed by atoms with Crippen molar-refractivity contribution in [2.24, 2.45) is 0 Å². The number of hydrogen-bond acceptors (Lipinski definition) is 6. The highest BCUT2D eigenvalue weighted by Crippen LogP contribution is 2.20. The van der Waals surface area contributed by atoms with Crippen molar-refractivity contribution in [2.75, 3.05) is 39.6 Å². The van der Waals surface area contributed by atoms with Crippen LogP contribution in [-0.2, 0) is 27.5 Å². The summed E-state index contributed by atoms with van der Waals surface area (Å²) in [5, 5.41) is 0. The Labute approximate surface area is 179 Å². The topological polar surface area (TPSA) is 63.2 Å².